The Bertz CT molecular complexity index is 827. The summed E-state index contributed by atoms with van der Waals surface area (Å²) in [6, 6.07) is 12.1. The maximum atomic E-state index is 12.6. The Labute approximate surface area is 165 Å². The van der Waals surface area contributed by atoms with Gasteiger partial charge in [-0.05, 0) is 55.3 Å². The predicted molar refractivity (Wildman–Crippen MR) is 109 cm³/mol. The number of methoxy groups -OCH3 is 2. The number of ether oxygens (including phenoxy) is 2. The van der Waals surface area contributed by atoms with Crippen molar-refractivity contribution in [3.05, 3.63) is 48.0 Å². The first-order chi connectivity index (χ1) is 13.6. The van der Waals surface area contributed by atoms with E-state index in [9.17, 15) is 9.59 Å². The number of benzene rings is 2. The fourth-order valence-corrected chi connectivity index (χ4v) is 3.43. The second-order valence-electron chi connectivity index (χ2n) is 6.92. The van der Waals surface area contributed by atoms with Crippen LogP contribution >= 0.6 is 0 Å². The molecule has 2 aromatic carbocycles. The molecular weight excluding hydrogens is 356 g/mol. The Morgan fingerprint density at radius 2 is 1.61 bits per heavy atom. The Morgan fingerprint density at radius 1 is 0.893 bits per heavy atom. The van der Waals surface area contributed by atoms with E-state index >= 15 is 0 Å². The van der Waals surface area contributed by atoms with Crippen molar-refractivity contribution >= 4 is 23.2 Å². The monoisotopic (exact) mass is 382 g/mol. The zero-order valence-electron chi connectivity index (χ0n) is 16.3. The van der Waals surface area contributed by atoms with Crippen molar-refractivity contribution in [1.82, 2.24) is 0 Å². The number of hydrogen-bond acceptors (Lipinski definition) is 4. The highest BCUT2D eigenvalue weighted by atomic mass is 16.5. The van der Waals surface area contributed by atoms with E-state index in [1.165, 1.54) is 6.42 Å². The van der Waals surface area contributed by atoms with Gasteiger partial charge in [0, 0.05) is 17.2 Å². The summed E-state index contributed by atoms with van der Waals surface area (Å²) in [6.45, 7) is 0. The van der Waals surface area contributed by atoms with Gasteiger partial charge in [-0.15, -0.1) is 0 Å². The van der Waals surface area contributed by atoms with Crippen molar-refractivity contribution < 1.29 is 19.1 Å². The molecule has 148 valence electrons. The van der Waals surface area contributed by atoms with Gasteiger partial charge in [-0.1, -0.05) is 19.3 Å². The third-order valence-corrected chi connectivity index (χ3v) is 5.04. The second kappa shape index (κ2) is 9.26. The first-order valence-electron chi connectivity index (χ1n) is 9.55. The molecule has 0 bridgehead atoms. The van der Waals surface area contributed by atoms with Gasteiger partial charge in [0.2, 0.25) is 5.91 Å². The zero-order chi connectivity index (χ0) is 19.9. The molecular formula is C22H26N2O4. The third kappa shape index (κ3) is 4.82. The molecule has 0 spiro atoms. The van der Waals surface area contributed by atoms with E-state index in [4.69, 9.17) is 9.47 Å². The van der Waals surface area contributed by atoms with E-state index in [0.29, 0.717) is 28.4 Å². The summed E-state index contributed by atoms with van der Waals surface area (Å²) < 4.78 is 10.5. The highest BCUT2D eigenvalue weighted by Gasteiger charge is 2.21. The van der Waals surface area contributed by atoms with Crippen LogP contribution in [0, 0.1) is 5.92 Å². The first-order valence-corrected chi connectivity index (χ1v) is 9.55. The zero-order valence-corrected chi connectivity index (χ0v) is 16.3. The van der Waals surface area contributed by atoms with E-state index in [-0.39, 0.29) is 17.7 Å². The molecule has 0 radical (unpaired) electrons. The smallest absolute Gasteiger partial charge is 0.255 e. The largest absolute Gasteiger partial charge is 0.497 e. The maximum Gasteiger partial charge on any atom is 0.255 e. The van der Waals surface area contributed by atoms with Gasteiger partial charge in [-0.25, -0.2) is 0 Å². The molecule has 3 rings (SSSR count). The van der Waals surface area contributed by atoms with Crippen molar-refractivity contribution in [3.8, 4) is 11.5 Å². The Hall–Kier alpha value is -3.02. The number of rotatable bonds is 6. The van der Waals surface area contributed by atoms with Crippen LogP contribution in [0.3, 0.4) is 0 Å². The van der Waals surface area contributed by atoms with Crippen LogP contribution in [-0.4, -0.2) is 26.0 Å². The lowest BCUT2D eigenvalue weighted by Gasteiger charge is -2.21. The SMILES string of the molecule is COc1ccc(C(=O)Nc2cc(NC(=O)C3CCCCC3)ccc2OC)cc1. The minimum atomic E-state index is -0.267. The number of anilines is 2. The van der Waals surface area contributed by atoms with E-state index in [0.717, 1.165) is 25.7 Å². The van der Waals surface area contributed by atoms with Crippen LogP contribution in [0.15, 0.2) is 42.5 Å². The minimum Gasteiger partial charge on any atom is -0.497 e. The van der Waals surface area contributed by atoms with Gasteiger partial charge in [-0.3, -0.25) is 9.59 Å². The Balaban J connectivity index is 1.72. The predicted octanol–water partition coefficient (Wildman–Crippen LogP) is 4.47. The fraction of sp³-hybridized carbons (Fsp3) is 0.364. The number of nitrogens with one attached hydrogen (secondary N) is 2. The molecule has 0 saturated heterocycles. The van der Waals surface area contributed by atoms with Crippen LogP contribution in [0.4, 0.5) is 11.4 Å². The molecule has 1 aliphatic carbocycles. The van der Waals surface area contributed by atoms with Gasteiger partial charge in [0.05, 0.1) is 19.9 Å². The lowest BCUT2D eigenvalue weighted by Crippen LogP contribution is -2.24. The van der Waals surface area contributed by atoms with Crippen LogP contribution < -0.4 is 20.1 Å². The topological polar surface area (TPSA) is 76.7 Å². The van der Waals surface area contributed by atoms with Crippen LogP contribution in [0.25, 0.3) is 0 Å². The molecule has 6 heteroatoms. The normalized spacial score (nSPS) is 14.2. The van der Waals surface area contributed by atoms with E-state index < -0.39 is 0 Å². The standard InChI is InChI=1S/C22H26N2O4/c1-27-18-11-8-16(9-12-18)22(26)24-19-14-17(10-13-20(19)28-2)23-21(25)15-6-4-3-5-7-15/h8-15H,3-7H2,1-2H3,(H,23,25)(H,24,26). The molecule has 0 unspecified atom stereocenters. The average molecular weight is 382 g/mol. The van der Waals surface area contributed by atoms with Crippen molar-refractivity contribution in [2.75, 3.05) is 24.9 Å². The van der Waals surface area contributed by atoms with Crippen molar-refractivity contribution in [2.45, 2.75) is 32.1 Å². The van der Waals surface area contributed by atoms with Crippen molar-refractivity contribution in [1.29, 1.82) is 0 Å². The maximum absolute atomic E-state index is 12.6. The summed E-state index contributed by atoms with van der Waals surface area (Å²) in [5.41, 5.74) is 1.64. The van der Waals surface area contributed by atoms with Crippen LogP contribution in [-0.2, 0) is 4.79 Å². The van der Waals surface area contributed by atoms with Crippen LogP contribution in [0.5, 0.6) is 11.5 Å². The highest BCUT2D eigenvalue weighted by Crippen LogP contribution is 2.30. The van der Waals surface area contributed by atoms with E-state index in [1.54, 1.807) is 56.7 Å². The van der Waals surface area contributed by atoms with Crippen molar-refractivity contribution in [2.24, 2.45) is 5.92 Å². The fourth-order valence-electron chi connectivity index (χ4n) is 3.43. The van der Waals surface area contributed by atoms with Crippen LogP contribution in [0.2, 0.25) is 0 Å². The lowest BCUT2D eigenvalue weighted by atomic mass is 9.88. The summed E-state index contributed by atoms with van der Waals surface area (Å²) in [5.74, 6) is 1.04. The summed E-state index contributed by atoms with van der Waals surface area (Å²) in [7, 11) is 3.12. The summed E-state index contributed by atoms with van der Waals surface area (Å²) >= 11 is 0. The quantitative estimate of drug-likeness (QED) is 0.772. The molecule has 0 heterocycles. The van der Waals surface area contributed by atoms with Gasteiger partial charge in [0.15, 0.2) is 0 Å². The molecule has 28 heavy (non-hydrogen) atoms. The molecule has 0 aromatic heterocycles. The summed E-state index contributed by atoms with van der Waals surface area (Å²) in [5, 5.41) is 5.82. The lowest BCUT2D eigenvalue weighted by molar-refractivity contribution is -0.120. The molecule has 1 aliphatic rings. The summed E-state index contributed by atoms with van der Waals surface area (Å²) in [6.07, 6.45) is 5.27. The Morgan fingerprint density at radius 3 is 2.25 bits per heavy atom. The van der Waals surface area contributed by atoms with Gasteiger partial charge in [0.1, 0.15) is 11.5 Å². The molecule has 2 aromatic rings. The molecule has 2 amide bonds. The molecule has 0 aliphatic heterocycles. The molecule has 1 saturated carbocycles. The average Bonchev–Trinajstić information content (AvgIpc) is 2.74. The van der Waals surface area contributed by atoms with Gasteiger partial charge >= 0.3 is 0 Å². The number of amides is 2. The molecule has 1 fully saturated rings. The number of carbonyl (C=O) groups is 2. The highest BCUT2D eigenvalue weighted by molar-refractivity contribution is 6.05. The molecule has 6 nitrogen and oxygen atoms in total. The first kappa shape index (κ1) is 19.7. The number of hydrogen-bond donors (Lipinski definition) is 2. The molecule has 2 N–H and O–H groups in total. The second-order valence-corrected chi connectivity index (χ2v) is 6.92. The van der Waals surface area contributed by atoms with Gasteiger partial charge < -0.3 is 20.1 Å². The summed E-state index contributed by atoms with van der Waals surface area (Å²) in [4.78, 5) is 25.1. The Kier molecular flexibility index (Phi) is 6.53. The number of carbonyl (C=O) groups excluding carboxylic acids is 2. The third-order valence-electron chi connectivity index (χ3n) is 5.04. The van der Waals surface area contributed by atoms with E-state index in [2.05, 4.69) is 10.6 Å². The van der Waals surface area contributed by atoms with E-state index in [1.807, 2.05) is 0 Å². The van der Waals surface area contributed by atoms with Gasteiger partial charge in [-0.2, -0.15) is 0 Å². The van der Waals surface area contributed by atoms with Gasteiger partial charge in [0.25, 0.3) is 5.91 Å². The van der Waals surface area contributed by atoms with Crippen LogP contribution in [0.1, 0.15) is 42.5 Å². The minimum absolute atomic E-state index is 0.0392. The van der Waals surface area contributed by atoms with Crippen molar-refractivity contribution in [3.63, 3.8) is 0 Å². The molecule has 0 atom stereocenters.